The third-order valence-corrected chi connectivity index (χ3v) is 2.93. The zero-order valence-electron chi connectivity index (χ0n) is 8.93. The van der Waals surface area contributed by atoms with Gasteiger partial charge in [-0.2, -0.15) is 0 Å². The normalized spacial score (nSPS) is 22.8. The molecular weight excluding hydrogens is 206 g/mol. The predicted molar refractivity (Wildman–Crippen MR) is 57.8 cm³/mol. The molecule has 0 bridgehead atoms. The van der Waals surface area contributed by atoms with Gasteiger partial charge >= 0.3 is 0 Å². The standard InChI is InChI=1S/C11H13N3O2/c1-5-2-7(5)9-8(11(13)16)3-6(4-14-9)10(12)15/h3-5,7H,2H2,1H3,(H2,12,15)(H2,13,16)/t5-,7-/m1/s1. The fraction of sp³-hybridized carbons (Fsp3) is 0.364. The lowest BCUT2D eigenvalue weighted by Crippen LogP contribution is -2.18. The molecule has 1 fully saturated rings. The molecule has 2 atom stereocenters. The maximum Gasteiger partial charge on any atom is 0.250 e. The molecule has 5 nitrogen and oxygen atoms in total. The van der Waals surface area contributed by atoms with Crippen molar-refractivity contribution in [3.8, 4) is 0 Å². The molecule has 1 aromatic heterocycles. The average Bonchev–Trinajstić information content (AvgIpc) is 2.94. The summed E-state index contributed by atoms with van der Waals surface area (Å²) in [5, 5.41) is 0. The van der Waals surface area contributed by atoms with Crippen LogP contribution in [0.3, 0.4) is 0 Å². The quantitative estimate of drug-likeness (QED) is 0.769. The molecule has 0 aliphatic heterocycles. The molecule has 2 amide bonds. The first-order valence-electron chi connectivity index (χ1n) is 5.10. The fourth-order valence-corrected chi connectivity index (χ4v) is 1.81. The van der Waals surface area contributed by atoms with Crippen LogP contribution in [0.5, 0.6) is 0 Å². The van der Waals surface area contributed by atoms with E-state index in [1.165, 1.54) is 12.3 Å². The van der Waals surface area contributed by atoms with Crippen molar-refractivity contribution in [1.82, 2.24) is 4.98 Å². The second-order valence-electron chi connectivity index (χ2n) is 4.20. The van der Waals surface area contributed by atoms with E-state index in [1.807, 2.05) is 0 Å². The number of amides is 2. The van der Waals surface area contributed by atoms with Gasteiger partial charge in [-0.1, -0.05) is 6.92 Å². The van der Waals surface area contributed by atoms with E-state index in [0.717, 1.165) is 6.42 Å². The third kappa shape index (κ3) is 1.76. The van der Waals surface area contributed by atoms with E-state index in [1.54, 1.807) is 0 Å². The highest BCUT2D eigenvalue weighted by molar-refractivity contribution is 5.99. The van der Waals surface area contributed by atoms with Gasteiger partial charge in [0.1, 0.15) is 0 Å². The summed E-state index contributed by atoms with van der Waals surface area (Å²) in [5.41, 5.74) is 11.6. The van der Waals surface area contributed by atoms with Crippen LogP contribution in [0.1, 0.15) is 45.7 Å². The maximum atomic E-state index is 11.3. The van der Waals surface area contributed by atoms with Crippen molar-refractivity contribution in [1.29, 1.82) is 0 Å². The highest BCUT2D eigenvalue weighted by Crippen LogP contribution is 2.47. The first-order valence-corrected chi connectivity index (χ1v) is 5.10. The maximum absolute atomic E-state index is 11.3. The zero-order chi connectivity index (χ0) is 11.9. The number of hydrogen-bond acceptors (Lipinski definition) is 3. The Kier molecular flexibility index (Phi) is 2.38. The molecule has 84 valence electrons. The van der Waals surface area contributed by atoms with Gasteiger partial charge in [-0.05, 0) is 18.4 Å². The monoisotopic (exact) mass is 219 g/mol. The van der Waals surface area contributed by atoms with Crippen LogP contribution >= 0.6 is 0 Å². The van der Waals surface area contributed by atoms with E-state index < -0.39 is 11.8 Å². The SMILES string of the molecule is C[C@@H]1C[C@H]1c1ncc(C(N)=O)cc1C(N)=O. The lowest BCUT2D eigenvalue weighted by atomic mass is 10.1. The zero-order valence-corrected chi connectivity index (χ0v) is 8.93. The van der Waals surface area contributed by atoms with Gasteiger partial charge in [0.05, 0.1) is 16.8 Å². The van der Waals surface area contributed by atoms with Crippen LogP contribution in [-0.2, 0) is 0 Å². The lowest BCUT2D eigenvalue weighted by molar-refractivity contribution is 0.0998. The number of carbonyl (C=O) groups excluding carboxylic acids is 2. The molecule has 0 saturated heterocycles. The van der Waals surface area contributed by atoms with E-state index >= 15 is 0 Å². The molecule has 0 radical (unpaired) electrons. The molecule has 1 saturated carbocycles. The Morgan fingerprint density at radius 2 is 2.00 bits per heavy atom. The van der Waals surface area contributed by atoms with Crippen molar-refractivity contribution < 1.29 is 9.59 Å². The van der Waals surface area contributed by atoms with Gasteiger partial charge in [-0.3, -0.25) is 14.6 Å². The Bertz CT molecular complexity index is 470. The molecular formula is C11H13N3O2. The molecule has 0 aromatic carbocycles. The molecule has 0 spiro atoms. The molecule has 1 heterocycles. The third-order valence-electron chi connectivity index (χ3n) is 2.93. The number of rotatable bonds is 3. The molecule has 1 aliphatic rings. The van der Waals surface area contributed by atoms with Gasteiger partial charge < -0.3 is 11.5 Å². The van der Waals surface area contributed by atoms with Gasteiger partial charge in [-0.25, -0.2) is 0 Å². The van der Waals surface area contributed by atoms with Crippen LogP contribution < -0.4 is 11.5 Å². The number of hydrogen-bond donors (Lipinski definition) is 2. The molecule has 4 N–H and O–H groups in total. The summed E-state index contributed by atoms with van der Waals surface area (Å²) >= 11 is 0. The van der Waals surface area contributed by atoms with Crippen molar-refractivity contribution in [2.45, 2.75) is 19.3 Å². The van der Waals surface area contributed by atoms with Crippen LogP contribution in [-0.4, -0.2) is 16.8 Å². The minimum atomic E-state index is -0.606. The van der Waals surface area contributed by atoms with E-state index in [9.17, 15) is 9.59 Å². The Labute approximate surface area is 92.8 Å². The Balaban J connectivity index is 2.45. The number of carbonyl (C=O) groups is 2. The van der Waals surface area contributed by atoms with Gasteiger partial charge in [0.2, 0.25) is 5.91 Å². The van der Waals surface area contributed by atoms with Crippen molar-refractivity contribution >= 4 is 11.8 Å². The summed E-state index contributed by atoms with van der Waals surface area (Å²) in [4.78, 5) is 26.4. The number of nitrogens with two attached hydrogens (primary N) is 2. The van der Waals surface area contributed by atoms with Crippen LogP contribution in [0, 0.1) is 5.92 Å². The van der Waals surface area contributed by atoms with Crippen LogP contribution in [0.15, 0.2) is 12.3 Å². The summed E-state index contributed by atoms with van der Waals surface area (Å²) in [6.07, 6.45) is 2.40. The predicted octanol–water partition coefficient (Wildman–Crippen LogP) is 0.403. The van der Waals surface area contributed by atoms with Gasteiger partial charge in [0.25, 0.3) is 5.91 Å². The first-order chi connectivity index (χ1) is 7.50. The van der Waals surface area contributed by atoms with Crippen molar-refractivity contribution in [2.24, 2.45) is 17.4 Å². The van der Waals surface area contributed by atoms with E-state index in [4.69, 9.17) is 11.5 Å². The van der Waals surface area contributed by atoms with Gasteiger partial charge in [0, 0.05) is 12.1 Å². The fourth-order valence-electron chi connectivity index (χ4n) is 1.81. The second kappa shape index (κ2) is 3.59. The minimum absolute atomic E-state index is 0.214. The number of nitrogens with zero attached hydrogens (tertiary/aromatic N) is 1. The van der Waals surface area contributed by atoms with E-state index in [-0.39, 0.29) is 11.5 Å². The van der Waals surface area contributed by atoms with Crippen molar-refractivity contribution in [3.05, 3.63) is 29.1 Å². The smallest absolute Gasteiger partial charge is 0.250 e. The highest BCUT2D eigenvalue weighted by Gasteiger charge is 2.37. The molecule has 5 heteroatoms. The summed E-state index contributed by atoms with van der Waals surface area (Å²) in [5.74, 6) is -0.371. The second-order valence-corrected chi connectivity index (χ2v) is 4.20. The number of primary amides is 2. The largest absolute Gasteiger partial charge is 0.366 e. The average molecular weight is 219 g/mol. The minimum Gasteiger partial charge on any atom is -0.366 e. The van der Waals surface area contributed by atoms with Crippen LogP contribution in [0.2, 0.25) is 0 Å². The summed E-state index contributed by atoms with van der Waals surface area (Å²) in [6, 6.07) is 1.43. The molecule has 1 aliphatic carbocycles. The number of pyridine rings is 1. The number of aromatic nitrogens is 1. The molecule has 16 heavy (non-hydrogen) atoms. The topological polar surface area (TPSA) is 99.1 Å². The van der Waals surface area contributed by atoms with Crippen LogP contribution in [0.25, 0.3) is 0 Å². The molecule has 1 aromatic rings. The Morgan fingerprint density at radius 1 is 1.38 bits per heavy atom. The van der Waals surface area contributed by atoms with Gasteiger partial charge in [-0.15, -0.1) is 0 Å². The summed E-state index contributed by atoms with van der Waals surface area (Å²) in [7, 11) is 0. The van der Waals surface area contributed by atoms with Crippen molar-refractivity contribution in [2.75, 3.05) is 0 Å². The van der Waals surface area contributed by atoms with E-state index in [2.05, 4.69) is 11.9 Å². The van der Waals surface area contributed by atoms with Crippen LogP contribution in [0.4, 0.5) is 0 Å². The summed E-state index contributed by atoms with van der Waals surface area (Å²) in [6.45, 7) is 2.08. The van der Waals surface area contributed by atoms with Crippen molar-refractivity contribution in [3.63, 3.8) is 0 Å². The lowest BCUT2D eigenvalue weighted by Gasteiger charge is -2.06. The summed E-state index contributed by atoms with van der Waals surface area (Å²) < 4.78 is 0. The Morgan fingerprint density at radius 3 is 2.44 bits per heavy atom. The molecule has 2 rings (SSSR count). The first kappa shape index (κ1) is 10.6. The molecule has 0 unspecified atom stereocenters. The highest BCUT2D eigenvalue weighted by atomic mass is 16.1. The van der Waals surface area contributed by atoms with E-state index in [0.29, 0.717) is 17.2 Å². The van der Waals surface area contributed by atoms with Gasteiger partial charge in [0.15, 0.2) is 0 Å². The Hall–Kier alpha value is -1.91.